The van der Waals surface area contributed by atoms with E-state index in [1.807, 2.05) is 18.2 Å². The molecular formula is C22H23ClF3N3O2. The number of benzene rings is 1. The summed E-state index contributed by atoms with van der Waals surface area (Å²) < 4.78 is 45.3. The van der Waals surface area contributed by atoms with E-state index >= 15 is 0 Å². The van der Waals surface area contributed by atoms with Crippen molar-refractivity contribution in [1.82, 2.24) is 9.88 Å². The van der Waals surface area contributed by atoms with Crippen LogP contribution in [0.15, 0.2) is 36.4 Å². The van der Waals surface area contributed by atoms with Gasteiger partial charge in [0.15, 0.2) is 0 Å². The second-order valence-corrected chi connectivity index (χ2v) is 9.10. The lowest BCUT2D eigenvalue weighted by atomic mass is 9.86. The van der Waals surface area contributed by atoms with Gasteiger partial charge >= 0.3 is 6.18 Å². The molecule has 0 bridgehead atoms. The van der Waals surface area contributed by atoms with Gasteiger partial charge in [-0.05, 0) is 35.9 Å². The van der Waals surface area contributed by atoms with Crippen molar-refractivity contribution in [2.24, 2.45) is 0 Å². The molecule has 2 fully saturated rings. The maximum absolute atomic E-state index is 13.0. The Labute approximate surface area is 183 Å². The van der Waals surface area contributed by atoms with Crippen LogP contribution in [0.1, 0.15) is 24.1 Å². The molecule has 2 aromatic rings. The van der Waals surface area contributed by atoms with Gasteiger partial charge in [0.2, 0.25) is 0 Å². The molecule has 3 aliphatic heterocycles. The molecule has 166 valence electrons. The van der Waals surface area contributed by atoms with Gasteiger partial charge in [-0.1, -0.05) is 17.7 Å². The third-order valence-electron chi connectivity index (χ3n) is 6.65. The molecule has 9 heteroatoms. The van der Waals surface area contributed by atoms with Gasteiger partial charge in [0.25, 0.3) is 0 Å². The summed E-state index contributed by atoms with van der Waals surface area (Å²) in [6.45, 7) is 2.22. The molecule has 5 rings (SSSR count). The number of halogens is 4. The zero-order valence-corrected chi connectivity index (χ0v) is 17.5. The number of alkyl halides is 3. The fourth-order valence-electron chi connectivity index (χ4n) is 5.02. The number of aliphatic hydroxyl groups excluding tert-OH is 1. The first-order valence-electron chi connectivity index (χ1n) is 10.4. The predicted octanol–water partition coefficient (Wildman–Crippen LogP) is 3.77. The molecule has 1 aromatic carbocycles. The molecule has 1 N–H and O–H groups in total. The highest BCUT2D eigenvalue weighted by molar-refractivity contribution is 6.30. The molecule has 0 amide bonds. The monoisotopic (exact) mass is 453 g/mol. The molecule has 0 aliphatic carbocycles. The molecule has 4 heterocycles. The molecule has 3 aliphatic rings. The number of piperidine rings is 1. The number of ether oxygens (including phenoxy) is 1. The van der Waals surface area contributed by atoms with E-state index < -0.39 is 18.0 Å². The SMILES string of the molecule is OC1CN(c2cccc(C(F)(F)F)n2)CC1N1CCC2(CC1)Cc1cc(Cl)ccc1O2. The molecule has 31 heavy (non-hydrogen) atoms. The molecular weight excluding hydrogens is 431 g/mol. The van der Waals surface area contributed by atoms with Crippen molar-refractivity contribution in [3.8, 4) is 5.75 Å². The average molecular weight is 454 g/mol. The Kier molecular flexibility index (Phi) is 5.07. The van der Waals surface area contributed by atoms with Crippen molar-refractivity contribution < 1.29 is 23.0 Å². The fourth-order valence-corrected chi connectivity index (χ4v) is 5.21. The van der Waals surface area contributed by atoms with E-state index in [4.69, 9.17) is 16.3 Å². The van der Waals surface area contributed by atoms with E-state index in [-0.39, 0.29) is 24.0 Å². The fraction of sp³-hybridized carbons (Fsp3) is 0.500. The first-order chi connectivity index (χ1) is 14.7. The van der Waals surface area contributed by atoms with Crippen LogP contribution in [0, 0.1) is 0 Å². The summed E-state index contributed by atoms with van der Waals surface area (Å²) in [7, 11) is 0. The first kappa shape index (κ1) is 20.8. The van der Waals surface area contributed by atoms with Crippen molar-refractivity contribution in [2.45, 2.75) is 43.2 Å². The van der Waals surface area contributed by atoms with Crippen molar-refractivity contribution in [3.63, 3.8) is 0 Å². The molecule has 2 atom stereocenters. The van der Waals surface area contributed by atoms with Gasteiger partial charge in [-0.3, -0.25) is 4.90 Å². The standard InChI is InChI=1S/C22H23ClF3N3O2/c23-15-4-5-18-14(10-15)11-21(31-18)6-8-28(9-7-21)16-12-29(13-17(16)30)20-3-1-2-19(27-20)22(24,25)26/h1-5,10,16-17,30H,6-9,11-13H2. The van der Waals surface area contributed by atoms with E-state index in [1.54, 1.807) is 11.0 Å². The lowest BCUT2D eigenvalue weighted by Crippen LogP contribution is -2.53. The minimum Gasteiger partial charge on any atom is -0.487 e. The van der Waals surface area contributed by atoms with E-state index in [0.717, 1.165) is 49.7 Å². The maximum atomic E-state index is 13.0. The number of anilines is 1. The van der Waals surface area contributed by atoms with Gasteiger partial charge in [-0.25, -0.2) is 4.98 Å². The van der Waals surface area contributed by atoms with Gasteiger partial charge in [0.05, 0.1) is 12.1 Å². The zero-order chi connectivity index (χ0) is 21.8. The minimum atomic E-state index is -4.49. The normalized spacial score (nSPS) is 25.6. The molecule has 1 aromatic heterocycles. The topological polar surface area (TPSA) is 48.8 Å². The van der Waals surface area contributed by atoms with Crippen LogP contribution in [-0.4, -0.2) is 58.9 Å². The van der Waals surface area contributed by atoms with Crippen molar-refractivity contribution >= 4 is 17.4 Å². The minimum absolute atomic E-state index is 0.146. The molecule has 1 spiro atoms. The van der Waals surface area contributed by atoms with Crippen LogP contribution in [0.5, 0.6) is 5.75 Å². The summed E-state index contributed by atoms with van der Waals surface area (Å²) in [6.07, 6.45) is -2.66. The highest BCUT2D eigenvalue weighted by Gasteiger charge is 2.45. The number of hydrogen-bond donors (Lipinski definition) is 1. The Bertz CT molecular complexity index is 979. The number of nitrogens with zero attached hydrogens (tertiary/aromatic N) is 3. The van der Waals surface area contributed by atoms with E-state index in [2.05, 4.69) is 9.88 Å². The smallest absolute Gasteiger partial charge is 0.433 e. The summed E-state index contributed by atoms with van der Waals surface area (Å²) in [5.41, 5.74) is -0.0282. The molecule has 0 saturated carbocycles. The number of pyridine rings is 1. The molecule has 0 radical (unpaired) electrons. The Morgan fingerprint density at radius 2 is 1.90 bits per heavy atom. The first-order valence-corrected chi connectivity index (χ1v) is 10.8. The second kappa shape index (κ2) is 7.53. The van der Waals surface area contributed by atoms with Gasteiger partial charge < -0.3 is 14.7 Å². The third-order valence-corrected chi connectivity index (χ3v) is 6.88. The maximum Gasteiger partial charge on any atom is 0.433 e. The van der Waals surface area contributed by atoms with Crippen LogP contribution < -0.4 is 9.64 Å². The van der Waals surface area contributed by atoms with Gasteiger partial charge in [0.1, 0.15) is 22.9 Å². The van der Waals surface area contributed by atoms with Crippen LogP contribution in [0.3, 0.4) is 0 Å². The average Bonchev–Trinajstić information content (AvgIpc) is 3.28. The van der Waals surface area contributed by atoms with Crippen LogP contribution >= 0.6 is 11.6 Å². The summed E-state index contributed by atoms with van der Waals surface area (Å²) in [5, 5.41) is 11.4. The largest absolute Gasteiger partial charge is 0.487 e. The Morgan fingerprint density at radius 1 is 1.13 bits per heavy atom. The highest BCUT2D eigenvalue weighted by atomic mass is 35.5. The summed E-state index contributed by atoms with van der Waals surface area (Å²) in [6, 6.07) is 9.44. The zero-order valence-electron chi connectivity index (χ0n) is 16.8. The summed E-state index contributed by atoms with van der Waals surface area (Å²) in [5.74, 6) is 1.14. The van der Waals surface area contributed by atoms with Crippen molar-refractivity contribution in [1.29, 1.82) is 0 Å². The van der Waals surface area contributed by atoms with Gasteiger partial charge in [-0.15, -0.1) is 0 Å². The number of hydrogen-bond acceptors (Lipinski definition) is 5. The van der Waals surface area contributed by atoms with Crippen LogP contribution in [-0.2, 0) is 12.6 Å². The highest BCUT2D eigenvalue weighted by Crippen LogP contribution is 2.42. The van der Waals surface area contributed by atoms with Crippen molar-refractivity contribution in [3.05, 3.63) is 52.7 Å². The van der Waals surface area contributed by atoms with Crippen LogP contribution in [0.4, 0.5) is 19.0 Å². The lowest BCUT2D eigenvalue weighted by molar-refractivity contribution is -0.141. The lowest BCUT2D eigenvalue weighted by Gasteiger charge is -2.41. The van der Waals surface area contributed by atoms with Crippen LogP contribution in [0.25, 0.3) is 0 Å². The quantitative estimate of drug-likeness (QED) is 0.750. The number of rotatable bonds is 2. The van der Waals surface area contributed by atoms with E-state index in [9.17, 15) is 18.3 Å². The molecule has 2 unspecified atom stereocenters. The van der Waals surface area contributed by atoms with E-state index in [0.29, 0.717) is 11.6 Å². The van der Waals surface area contributed by atoms with Crippen LogP contribution in [0.2, 0.25) is 5.02 Å². The number of likely N-dealkylation sites (tertiary alicyclic amines) is 1. The molecule has 5 nitrogen and oxygen atoms in total. The molecule has 2 saturated heterocycles. The predicted molar refractivity (Wildman–Crippen MR) is 111 cm³/mol. The number of aromatic nitrogens is 1. The second-order valence-electron chi connectivity index (χ2n) is 8.67. The Balaban J connectivity index is 1.24. The summed E-state index contributed by atoms with van der Waals surface area (Å²) in [4.78, 5) is 7.73. The Morgan fingerprint density at radius 3 is 2.65 bits per heavy atom. The summed E-state index contributed by atoms with van der Waals surface area (Å²) >= 11 is 6.11. The number of β-amino-alcohol motifs (C(OH)–C–C–N with tert-alkyl or cyclic N) is 1. The van der Waals surface area contributed by atoms with E-state index in [1.165, 1.54) is 6.07 Å². The van der Waals surface area contributed by atoms with Gasteiger partial charge in [-0.2, -0.15) is 13.2 Å². The number of aliphatic hydroxyl groups is 1. The third kappa shape index (κ3) is 3.97. The van der Waals surface area contributed by atoms with Gasteiger partial charge in [0, 0.05) is 50.5 Å². The van der Waals surface area contributed by atoms with Crippen molar-refractivity contribution in [2.75, 3.05) is 31.1 Å². The number of fused-ring (bicyclic) bond motifs is 1. The Hall–Kier alpha value is -2.03.